The van der Waals surface area contributed by atoms with E-state index in [0.29, 0.717) is 12.5 Å². The van der Waals surface area contributed by atoms with Gasteiger partial charge in [-0.1, -0.05) is 26.0 Å². The van der Waals surface area contributed by atoms with Crippen LogP contribution >= 0.6 is 0 Å². The number of ether oxygens (including phenoxy) is 1. The normalized spacial score (nSPS) is 10.8. The van der Waals surface area contributed by atoms with Crippen molar-refractivity contribution in [3.05, 3.63) is 29.3 Å². The fourth-order valence-corrected chi connectivity index (χ4v) is 1.98. The quantitative estimate of drug-likeness (QED) is 0.840. The number of carbonyl (C=O) groups excluding carboxylic acids is 1. The Kier molecular flexibility index (Phi) is 6.36. The van der Waals surface area contributed by atoms with Gasteiger partial charge in [-0.25, -0.2) is 4.79 Å². The molecule has 0 saturated heterocycles. The van der Waals surface area contributed by atoms with Gasteiger partial charge in [-0.05, 0) is 43.4 Å². The van der Waals surface area contributed by atoms with E-state index in [9.17, 15) is 4.79 Å². The van der Waals surface area contributed by atoms with Crippen molar-refractivity contribution in [2.45, 2.75) is 46.1 Å². The first kappa shape index (κ1) is 16.3. The van der Waals surface area contributed by atoms with Gasteiger partial charge >= 0.3 is 6.03 Å². The van der Waals surface area contributed by atoms with Crippen LogP contribution in [-0.4, -0.2) is 25.7 Å². The van der Waals surface area contributed by atoms with Gasteiger partial charge in [0.2, 0.25) is 0 Å². The molecule has 2 N–H and O–H groups in total. The van der Waals surface area contributed by atoms with Crippen molar-refractivity contribution < 1.29 is 9.53 Å². The van der Waals surface area contributed by atoms with Crippen LogP contribution in [0.1, 0.15) is 44.7 Å². The fraction of sp³-hybridized carbons (Fsp3) is 0.562. The molecule has 2 amide bonds. The van der Waals surface area contributed by atoms with Gasteiger partial charge in [0.05, 0.1) is 7.11 Å². The number of benzene rings is 1. The lowest BCUT2D eigenvalue weighted by Crippen LogP contribution is -2.40. The van der Waals surface area contributed by atoms with Crippen LogP contribution < -0.4 is 15.4 Å². The van der Waals surface area contributed by atoms with Gasteiger partial charge in [-0.2, -0.15) is 0 Å². The summed E-state index contributed by atoms with van der Waals surface area (Å²) in [6.45, 7) is 8.81. The Morgan fingerprint density at radius 1 is 1.25 bits per heavy atom. The molecule has 20 heavy (non-hydrogen) atoms. The second-order valence-corrected chi connectivity index (χ2v) is 5.53. The van der Waals surface area contributed by atoms with E-state index in [1.807, 2.05) is 19.9 Å². The number of hydrogen-bond acceptors (Lipinski definition) is 2. The molecule has 0 unspecified atom stereocenters. The second-order valence-electron chi connectivity index (χ2n) is 5.53. The molecule has 0 saturated carbocycles. The van der Waals surface area contributed by atoms with E-state index in [2.05, 4.69) is 36.6 Å². The Hall–Kier alpha value is -1.71. The van der Waals surface area contributed by atoms with Crippen LogP contribution in [-0.2, 0) is 6.42 Å². The first-order valence-corrected chi connectivity index (χ1v) is 7.15. The molecule has 1 aromatic carbocycles. The topological polar surface area (TPSA) is 50.4 Å². The van der Waals surface area contributed by atoms with Gasteiger partial charge in [0, 0.05) is 12.6 Å². The van der Waals surface area contributed by atoms with Crippen LogP contribution in [0.3, 0.4) is 0 Å². The number of amides is 2. The summed E-state index contributed by atoms with van der Waals surface area (Å²) in [6.07, 6.45) is 0.759. The molecule has 1 aromatic rings. The minimum Gasteiger partial charge on any atom is -0.496 e. The summed E-state index contributed by atoms with van der Waals surface area (Å²) in [6, 6.07) is 6.27. The summed E-state index contributed by atoms with van der Waals surface area (Å²) < 4.78 is 5.37. The first-order valence-electron chi connectivity index (χ1n) is 7.15. The van der Waals surface area contributed by atoms with Crippen LogP contribution in [0.5, 0.6) is 5.75 Å². The molecule has 0 heterocycles. The second kappa shape index (κ2) is 7.78. The number of methoxy groups -OCH3 is 1. The third-order valence-electron chi connectivity index (χ3n) is 3.07. The fourth-order valence-electron chi connectivity index (χ4n) is 1.98. The molecule has 0 atom stereocenters. The van der Waals surface area contributed by atoms with E-state index in [4.69, 9.17) is 4.74 Å². The van der Waals surface area contributed by atoms with Crippen LogP contribution in [0.4, 0.5) is 4.79 Å². The summed E-state index contributed by atoms with van der Waals surface area (Å²) in [5.41, 5.74) is 2.41. The van der Waals surface area contributed by atoms with Crippen molar-refractivity contribution in [1.29, 1.82) is 0 Å². The standard InChI is InChI=1S/C16H26N2O2/c1-11(2)13-6-7-15(20-5)14(10-13)8-9-17-16(19)18-12(3)4/h6-7,10-12H,8-9H2,1-5H3,(H2,17,18,19). The molecule has 0 radical (unpaired) electrons. The molecule has 4 heteroatoms. The highest BCUT2D eigenvalue weighted by Crippen LogP contribution is 2.24. The lowest BCUT2D eigenvalue weighted by molar-refractivity contribution is 0.238. The molecule has 4 nitrogen and oxygen atoms in total. The number of hydrogen-bond donors (Lipinski definition) is 2. The highest BCUT2D eigenvalue weighted by molar-refractivity contribution is 5.74. The van der Waals surface area contributed by atoms with Crippen molar-refractivity contribution in [3.8, 4) is 5.75 Å². The van der Waals surface area contributed by atoms with E-state index >= 15 is 0 Å². The maximum absolute atomic E-state index is 11.5. The van der Waals surface area contributed by atoms with Crippen molar-refractivity contribution in [2.24, 2.45) is 0 Å². The summed E-state index contributed by atoms with van der Waals surface area (Å²) >= 11 is 0. The molecule has 0 bridgehead atoms. The molecule has 0 aliphatic rings. The summed E-state index contributed by atoms with van der Waals surface area (Å²) in [4.78, 5) is 11.5. The minimum atomic E-state index is -0.126. The van der Waals surface area contributed by atoms with E-state index < -0.39 is 0 Å². The van der Waals surface area contributed by atoms with Crippen LogP contribution in [0.2, 0.25) is 0 Å². The summed E-state index contributed by atoms with van der Waals surface area (Å²) in [7, 11) is 1.67. The van der Waals surface area contributed by atoms with Crippen molar-refractivity contribution in [1.82, 2.24) is 10.6 Å². The highest BCUT2D eigenvalue weighted by Gasteiger charge is 2.08. The van der Waals surface area contributed by atoms with Crippen molar-refractivity contribution in [2.75, 3.05) is 13.7 Å². The summed E-state index contributed by atoms with van der Waals surface area (Å²) in [5.74, 6) is 1.36. The lowest BCUT2D eigenvalue weighted by Gasteiger charge is -2.14. The van der Waals surface area contributed by atoms with Gasteiger partial charge in [-0.3, -0.25) is 0 Å². The van der Waals surface area contributed by atoms with Crippen LogP contribution in [0.25, 0.3) is 0 Å². The Balaban J connectivity index is 2.62. The molecule has 0 aromatic heterocycles. The third-order valence-corrected chi connectivity index (χ3v) is 3.07. The largest absolute Gasteiger partial charge is 0.496 e. The Morgan fingerprint density at radius 2 is 1.95 bits per heavy atom. The van der Waals surface area contributed by atoms with Crippen molar-refractivity contribution >= 4 is 6.03 Å². The maximum atomic E-state index is 11.5. The maximum Gasteiger partial charge on any atom is 0.314 e. The molecular formula is C16H26N2O2. The molecule has 0 aliphatic carbocycles. The molecular weight excluding hydrogens is 252 g/mol. The lowest BCUT2D eigenvalue weighted by atomic mass is 9.99. The predicted octanol–water partition coefficient (Wildman–Crippen LogP) is 3.07. The average molecular weight is 278 g/mol. The van der Waals surface area contributed by atoms with Gasteiger partial charge in [0.15, 0.2) is 0 Å². The van der Waals surface area contributed by atoms with E-state index in [1.54, 1.807) is 7.11 Å². The average Bonchev–Trinajstić information content (AvgIpc) is 2.37. The van der Waals surface area contributed by atoms with Gasteiger partial charge in [-0.15, -0.1) is 0 Å². The number of rotatable bonds is 6. The molecule has 1 rings (SSSR count). The zero-order valence-electron chi connectivity index (χ0n) is 13.1. The Morgan fingerprint density at radius 3 is 2.50 bits per heavy atom. The van der Waals surface area contributed by atoms with Gasteiger partial charge in [0.25, 0.3) is 0 Å². The van der Waals surface area contributed by atoms with E-state index in [-0.39, 0.29) is 12.1 Å². The minimum absolute atomic E-state index is 0.126. The SMILES string of the molecule is COc1ccc(C(C)C)cc1CCNC(=O)NC(C)C. The Bertz CT molecular complexity index is 442. The smallest absolute Gasteiger partial charge is 0.314 e. The molecule has 112 valence electrons. The number of nitrogens with one attached hydrogen (secondary N) is 2. The van der Waals surface area contributed by atoms with Gasteiger partial charge in [0.1, 0.15) is 5.75 Å². The monoisotopic (exact) mass is 278 g/mol. The van der Waals surface area contributed by atoms with Crippen LogP contribution in [0, 0.1) is 0 Å². The molecule has 0 aliphatic heterocycles. The van der Waals surface area contributed by atoms with Crippen molar-refractivity contribution in [3.63, 3.8) is 0 Å². The van der Waals surface area contributed by atoms with Crippen LogP contribution in [0.15, 0.2) is 18.2 Å². The number of carbonyl (C=O) groups is 1. The van der Waals surface area contributed by atoms with Gasteiger partial charge < -0.3 is 15.4 Å². The third kappa shape index (κ3) is 5.11. The predicted molar refractivity (Wildman–Crippen MR) is 82.5 cm³/mol. The molecule has 0 spiro atoms. The zero-order valence-corrected chi connectivity index (χ0v) is 13.1. The summed E-state index contributed by atoms with van der Waals surface area (Å²) in [5, 5.41) is 5.66. The zero-order chi connectivity index (χ0) is 15.1. The first-order chi connectivity index (χ1) is 9.43. The highest BCUT2D eigenvalue weighted by atomic mass is 16.5. The molecule has 0 fully saturated rings. The Labute approximate surface area is 121 Å². The van der Waals surface area contributed by atoms with E-state index in [1.165, 1.54) is 5.56 Å². The number of urea groups is 1. The van der Waals surface area contributed by atoms with E-state index in [0.717, 1.165) is 17.7 Å².